The molecule has 0 bridgehead atoms. The van der Waals surface area contributed by atoms with E-state index in [0.717, 1.165) is 48.8 Å². The lowest BCUT2D eigenvalue weighted by atomic mass is 10.1. The first-order valence-corrected chi connectivity index (χ1v) is 8.59. The first-order chi connectivity index (χ1) is 10.8. The topological polar surface area (TPSA) is 62.5 Å². The number of rotatable bonds is 7. The quantitative estimate of drug-likeness (QED) is 0.608. The second-order valence-corrected chi connectivity index (χ2v) is 5.95. The number of thiophene rings is 1. The maximum absolute atomic E-state index is 5.38. The van der Waals surface area contributed by atoms with Crippen LogP contribution in [0.3, 0.4) is 0 Å². The van der Waals surface area contributed by atoms with Crippen LogP contribution in [-0.4, -0.2) is 24.7 Å². The van der Waals surface area contributed by atoms with Crippen molar-refractivity contribution in [3.05, 3.63) is 39.4 Å². The van der Waals surface area contributed by atoms with Crippen LogP contribution in [0.5, 0.6) is 0 Å². The van der Waals surface area contributed by atoms with Crippen LogP contribution in [0.25, 0.3) is 0 Å². The fourth-order valence-corrected chi connectivity index (χ4v) is 3.00. The molecule has 0 saturated carbocycles. The van der Waals surface area contributed by atoms with Crippen LogP contribution in [0.1, 0.15) is 35.7 Å². The van der Waals surface area contributed by atoms with E-state index in [1.54, 1.807) is 18.4 Å². The van der Waals surface area contributed by atoms with Crippen LogP contribution >= 0.6 is 11.3 Å². The van der Waals surface area contributed by atoms with Crippen molar-refractivity contribution in [1.29, 1.82) is 0 Å². The molecule has 0 aliphatic rings. The number of aryl methyl sites for hydroxylation is 2. The molecule has 0 aromatic carbocycles. The van der Waals surface area contributed by atoms with Gasteiger partial charge in [0, 0.05) is 37.0 Å². The van der Waals surface area contributed by atoms with Gasteiger partial charge in [0.15, 0.2) is 5.96 Å². The van der Waals surface area contributed by atoms with Crippen LogP contribution in [0, 0.1) is 0 Å². The van der Waals surface area contributed by atoms with E-state index in [1.165, 1.54) is 4.88 Å². The number of nitrogens with one attached hydrogen (secondary N) is 2. The highest BCUT2D eigenvalue weighted by atomic mass is 32.1. The van der Waals surface area contributed by atoms with Gasteiger partial charge >= 0.3 is 0 Å². The van der Waals surface area contributed by atoms with Gasteiger partial charge in [-0.25, -0.2) is 0 Å². The highest BCUT2D eigenvalue weighted by Crippen LogP contribution is 2.15. The van der Waals surface area contributed by atoms with Crippen LogP contribution in [0.2, 0.25) is 0 Å². The van der Waals surface area contributed by atoms with Gasteiger partial charge in [-0.15, -0.1) is 11.3 Å². The SMILES string of the molecule is CCc1noc(CC)c1CNC(=NC)NCCc1cccs1. The lowest BCUT2D eigenvalue weighted by molar-refractivity contribution is 0.380. The molecule has 0 fully saturated rings. The summed E-state index contributed by atoms with van der Waals surface area (Å²) in [5.74, 6) is 1.76. The third-order valence-electron chi connectivity index (χ3n) is 3.51. The Morgan fingerprint density at radius 1 is 1.32 bits per heavy atom. The van der Waals surface area contributed by atoms with Crippen molar-refractivity contribution in [2.45, 2.75) is 39.7 Å². The molecular formula is C16H24N4OS. The van der Waals surface area contributed by atoms with Gasteiger partial charge in [-0.05, 0) is 24.3 Å². The summed E-state index contributed by atoms with van der Waals surface area (Å²) in [4.78, 5) is 5.64. The molecule has 0 atom stereocenters. The summed E-state index contributed by atoms with van der Waals surface area (Å²) < 4.78 is 5.38. The average molecular weight is 320 g/mol. The van der Waals surface area contributed by atoms with E-state index in [9.17, 15) is 0 Å². The van der Waals surface area contributed by atoms with Crippen molar-refractivity contribution < 1.29 is 4.52 Å². The lowest BCUT2D eigenvalue weighted by Crippen LogP contribution is -2.38. The van der Waals surface area contributed by atoms with Crippen molar-refractivity contribution in [2.75, 3.05) is 13.6 Å². The molecule has 0 aliphatic heterocycles. The van der Waals surface area contributed by atoms with Gasteiger partial charge in [-0.2, -0.15) is 0 Å². The number of hydrogen-bond donors (Lipinski definition) is 2. The Morgan fingerprint density at radius 3 is 2.82 bits per heavy atom. The zero-order chi connectivity index (χ0) is 15.8. The van der Waals surface area contributed by atoms with Gasteiger partial charge in [-0.3, -0.25) is 4.99 Å². The molecule has 0 radical (unpaired) electrons. The summed E-state index contributed by atoms with van der Waals surface area (Å²) in [5.41, 5.74) is 2.18. The molecule has 0 saturated heterocycles. The molecule has 0 amide bonds. The molecule has 2 aromatic rings. The van der Waals surface area contributed by atoms with E-state index in [0.29, 0.717) is 6.54 Å². The van der Waals surface area contributed by atoms with Crippen molar-refractivity contribution in [2.24, 2.45) is 4.99 Å². The van der Waals surface area contributed by atoms with E-state index < -0.39 is 0 Å². The van der Waals surface area contributed by atoms with Crippen molar-refractivity contribution in [1.82, 2.24) is 15.8 Å². The molecule has 6 heteroatoms. The molecule has 2 N–H and O–H groups in total. The lowest BCUT2D eigenvalue weighted by Gasteiger charge is -2.11. The third-order valence-corrected chi connectivity index (χ3v) is 4.44. The van der Waals surface area contributed by atoms with Crippen molar-refractivity contribution in [3.8, 4) is 0 Å². The molecule has 22 heavy (non-hydrogen) atoms. The summed E-state index contributed by atoms with van der Waals surface area (Å²) in [6.07, 6.45) is 2.74. The van der Waals surface area contributed by atoms with Crippen LogP contribution < -0.4 is 10.6 Å². The first-order valence-electron chi connectivity index (χ1n) is 7.71. The Labute approximate surface area is 135 Å². The summed E-state index contributed by atoms with van der Waals surface area (Å²) in [5, 5.41) is 12.9. The average Bonchev–Trinajstić information content (AvgIpc) is 3.19. The smallest absolute Gasteiger partial charge is 0.191 e. The fourth-order valence-electron chi connectivity index (χ4n) is 2.29. The van der Waals surface area contributed by atoms with E-state index in [-0.39, 0.29) is 0 Å². The third kappa shape index (κ3) is 4.34. The van der Waals surface area contributed by atoms with Gasteiger partial charge in [-0.1, -0.05) is 25.1 Å². The van der Waals surface area contributed by atoms with Gasteiger partial charge < -0.3 is 15.2 Å². The van der Waals surface area contributed by atoms with Gasteiger partial charge in [0.1, 0.15) is 5.76 Å². The Kier molecular flexibility index (Phi) is 6.45. The maximum atomic E-state index is 5.38. The maximum Gasteiger partial charge on any atom is 0.191 e. The Hall–Kier alpha value is -1.82. The summed E-state index contributed by atoms with van der Waals surface area (Å²) in [6, 6.07) is 4.23. The van der Waals surface area contributed by atoms with Crippen LogP contribution in [-0.2, 0) is 25.8 Å². The second kappa shape index (κ2) is 8.58. The van der Waals surface area contributed by atoms with Gasteiger partial charge in [0.2, 0.25) is 0 Å². The Balaban J connectivity index is 1.84. The predicted octanol–water partition coefficient (Wildman–Crippen LogP) is 2.77. The molecule has 0 unspecified atom stereocenters. The second-order valence-electron chi connectivity index (χ2n) is 4.92. The zero-order valence-electron chi connectivity index (χ0n) is 13.5. The minimum atomic E-state index is 0.689. The normalized spacial score (nSPS) is 11.7. The van der Waals surface area contributed by atoms with E-state index in [4.69, 9.17) is 4.52 Å². The van der Waals surface area contributed by atoms with Gasteiger partial charge in [0.25, 0.3) is 0 Å². The molecule has 120 valence electrons. The number of aromatic nitrogens is 1. The number of aliphatic imine (C=N–C) groups is 1. The minimum Gasteiger partial charge on any atom is -0.361 e. The largest absolute Gasteiger partial charge is 0.361 e. The highest BCUT2D eigenvalue weighted by molar-refractivity contribution is 7.09. The standard InChI is InChI=1S/C16H24N4OS/c1-4-14-13(15(5-2)21-20-14)11-19-16(17-3)18-9-8-12-7-6-10-22-12/h6-7,10H,4-5,8-9,11H2,1-3H3,(H2,17,18,19). The van der Waals surface area contributed by atoms with Crippen molar-refractivity contribution in [3.63, 3.8) is 0 Å². The summed E-state index contributed by atoms with van der Waals surface area (Å²) >= 11 is 1.78. The predicted molar refractivity (Wildman–Crippen MR) is 91.5 cm³/mol. The van der Waals surface area contributed by atoms with E-state index in [1.807, 2.05) is 0 Å². The highest BCUT2D eigenvalue weighted by Gasteiger charge is 2.13. The molecule has 0 aliphatic carbocycles. The van der Waals surface area contributed by atoms with Gasteiger partial charge in [0.05, 0.1) is 5.69 Å². The number of guanidine groups is 1. The molecule has 2 rings (SSSR count). The van der Waals surface area contributed by atoms with E-state index >= 15 is 0 Å². The van der Waals surface area contributed by atoms with Crippen molar-refractivity contribution >= 4 is 17.3 Å². The number of nitrogens with zero attached hydrogens (tertiary/aromatic N) is 2. The number of hydrogen-bond acceptors (Lipinski definition) is 4. The van der Waals surface area contributed by atoms with E-state index in [2.05, 4.69) is 52.1 Å². The fraction of sp³-hybridized carbons (Fsp3) is 0.500. The molecule has 5 nitrogen and oxygen atoms in total. The zero-order valence-corrected chi connectivity index (χ0v) is 14.3. The molecular weight excluding hydrogens is 296 g/mol. The first kappa shape index (κ1) is 16.5. The summed E-state index contributed by atoms with van der Waals surface area (Å²) in [6.45, 7) is 5.73. The molecule has 2 aromatic heterocycles. The molecule has 2 heterocycles. The monoisotopic (exact) mass is 320 g/mol. The van der Waals surface area contributed by atoms with Crippen LogP contribution in [0.15, 0.2) is 27.0 Å². The minimum absolute atomic E-state index is 0.689. The summed E-state index contributed by atoms with van der Waals surface area (Å²) in [7, 11) is 1.79. The van der Waals surface area contributed by atoms with Crippen LogP contribution in [0.4, 0.5) is 0 Å². The Bertz CT molecular complexity index is 568. The molecule has 0 spiro atoms. The Morgan fingerprint density at radius 2 is 2.18 bits per heavy atom.